The Morgan fingerprint density at radius 2 is 2.00 bits per heavy atom. The summed E-state index contributed by atoms with van der Waals surface area (Å²) >= 11 is 11.6. The average molecular weight is 232 g/mol. The predicted molar refractivity (Wildman–Crippen MR) is 59.1 cm³/mol. The van der Waals surface area contributed by atoms with Crippen molar-refractivity contribution in [2.24, 2.45) is 0 Å². The zero-order valence-corrected chi connectivity index (χ0v) is 9.02. The summed E-state index contributed by atoms with van der Waals surface area (Å²) in [4.78, 5) is 0. The molecule has 76 valence electrons. The first kappa shape index (κ1) is 10.1. The van der Waals surface area contributed by atoms with Crippen LogP contribution in [0.3, 0.4) is 0 Å². The Bertz CT molecular complexity index is 343. The average Bonchev–Trinajstić information content (AvgIpc) is 2.17. The number of hydrogen-bond donors (Lipinski definition) is 2. The van der Waals surface area contributed by atoms with E-state index in [2.05, 4.69) is 5.32 Å². The monoisotopic (exact) mass is 231 g/mol. The SMILES string of the molecule is O[C@H]1CC[C@@H]1Nc1ccc(Cl)c(Cl)c1. The zero-order valence-electron chi connectivity index (χ0n) is 7.50. The molecule has 0 amide bonds. The van der Waals surface area contributed by atoms with Crippen LogP contribution < -0.4 is 5.32 Å². The molecule has 0 heterocycles. The molecule has 0 aromatic heterocycles. The van der Waals surface area contributed by atoms with E-state index in [1.807, 2.05) is 6.07 Å². The van der Waals surface area contributed by atoms with E-state index in [1.165, 1.54) is 0 Å². The van der Waals surface area contributed by atoms with E-state index in [9.17, 15) is 5.11 Å². The first-order valence-electron chi connectivity index (χ1n) is 4.56. The van der Waals surface area contributed by atoms with Crippen molar-refractivity contribution in [1.29, 1.82) is 0 Å². The lowest BCUT2D eigenvalue weighted by molar-refractivity contribution is 0.0786. The molecule has 1 aromatic carbocycles. The summed E-state index contributed by atoms with van der Waals surface area (Å²) in [6, 6.07) is 5.54. The minimum Gasteiger partial charge on any atom is -0.391 e. The smallest absolute Gasteiger partial charge is 0.0741 e. The van der Waals surface area contributed by atoms with Gasteiger partial charge in [0.2, 0.25) is 0 Å². The molecule has 0 bridgehead atoms. The molecule has 0 saturated heterocycles. The Hall–Kier alpha value is -0.440. The van der Waals surface area contributed by atoms with Crippen LogP contribution >= 0.6 is 23.2 Å². The van der Waals surface area contributed by atoms with Gasteiger partial charge >= 0.3 is 0 Å². The second-order valence-corrected chi connectivity index (χ2v) is 4.34. The highest BCUT2D eigenvalue weighted by atomic mass is 35.5. The number of aliphatic hydroxyl groups excluding tert-OH is 1. The van der Waals surface area contributed by atoms with E-state index in [0.717, 1.165) is 18.5 Å². The van der Waals surface area contributed by atoms with Gasteiger partial charge < -0.3 is 10.4 Å². The topological polar surface area (TPSA) is 32.3 Å². The Kier molecular flexibility index (Phi) is 2.86. The summed E-state index contributed by atoms with van der Waals surface area (Å²) in [6.45, 7) is 0. The molecule has 1 fully saturated rings. The summed E-state index contributed by atoms with van der Waals surface area (Å²) in [5.41, 5.74) is 0.906. The standard InChI is InChI=1S/C10H11Cl2NO/c11-7-2-1-6(5-8(7)12)13-9-3-4-10(9)14/h1-2,5,9-10,13-14H,3-4H2/t9-,10-/m0/s1. The number of halogens is 2. The fraction of sp³-hybridized carbons (Fsp3) is 0.400. The third-order valence-corrected chi connectivity index (χ3v) is 3.25. The summed E-state index contributed by atoms with van der Waals surface area (Å²) in [5.74, 6) is 0. The fourth-order valence-corrected chi connectivity index (χ4v) is 1.75. The van der Waals surface area contributed by atoms with Crippen molar-refractivity contribution in [2.45, 2.75) is 25.0 Å². The molecule has 2 nitrogen and oxygen atoms in total. The molecule has 1 aromatic rings. The highest BCUT2D eigenvalue weighted by Gasteiger charge is 2.28. The van der Waals surface area contributed by atoms with Crippen LogP contribution in [0.2, 0.25) is 10.0 Å². The van der Waals surface area contributed by atoms with Gasteiger partial charge in [-0.1, -0.05) is 23.2 Å². The first-order chi connectivity index (χ1) is 6.66. The lowest BCUT2D eigenvalue weighted by Gasteiger charge is -2.33. The van der Waals surface area contributed by atoms with Crippen molar-refractivity contribution in [3.05, 3.63) is 28.2 Å². The van der Waals surface area contributed by atoms with E-state index >= 15 is 0 Å². The van der Waals surface area contributed by atoms with Crippen molar-refractivity contribution < 1.29 is 5.11 Å². The van der Waals surface area contributed by atoms with Crippen LogP contribution in [0, 0.1) is 0 Å². The van der Waals surface area contributed by atoms with E-state index in [0.29, 0.717) is 10.0 Å². The van der Waals surface area contributed by atoms with Crippen LogP contribution in [-0.2, 0) is 0 Å². The van der Waals surface area contributed by atoms with Gasteiger partial charge in [-0.05, 0) is 31.0 Å². The molecule has 2 N–H and O–H groups in total. The maximum Gasteiger partial charge on any atom is 0.0741 e. The Morgan fingerprint density at radius 3 is 2.50 bits per heavy atom. The van der Waals surface area contributed by atoms with Gasteiger partial charge in [-0.25, -0.2) is 0 Å². The molecule has 0 radical (unpaired) electrons. The van der Waals surface area contributed by atoms with Crippen LogP contribution in [-0.4, -0.2) is 17.3 Å². The number of aliphatic hydroxyl groups is 1. The van der Waals surface area contributed by atoms with E-state index in [1.54, 1.807) is 12.1 Å². The number of nitrogens with one attached hydrogen (secondary N) is 1. The van der Waals surface area contributed by atoms with Crippen molar-refractivity contribution in [2.75, 3.05) is 5.32 Å². The van der Waals surface area contributed by atoms with Gasteiger partial charge in [-0.15, -0.1) is 0 Å². The molecule has 2 atom stereocenters. The quantitative estimate of drug-likeness (QED) is 0.821. The lowest BCUT2D eigenvalue weighted by Crippen LogP contribution is -2.42. The van der Waals surface area contributed by atoms with Gasteiger partial charge in [-0.2, -0.15) is 0 Å². The zero-order chi connectivity index (χ0) is 10.1. The van der Waals surface area contributed by atoms with E-state index in [4.69, 9.17) is 23.2 Å². The van der Waals surface area contributed by atoms with Gasteiger partial charge in [0.15, 0.2) is 0 Å². The van der Waals surface area contributed by atoms with Crippen molar-refractivity contribution in [3.63, 3.8) is 0 Å². The van der Waals surface area contributed by atoms with Gasteiger partial charge in [0.25, 0.3) is 0 Å². The van der Waals surface area contributed by atoms with Gasteiger partial charge in [0.05, 0.1) is 22.2 Å². The summed E-state index contributed by atoms with van der Waals surface area (Å²) in [7, 11) is 0. The van der Waals surface area contributed by atoms with Gasteiger partial charge in [-0.3, -0.25) is 0 Å². The molecule has 0 unspecified atom stereocenters. The molecular weight excluding hydrogens is 221 g/mol. The molecule has 1 aliphatic carbocycles. The minimum atomic E-state index is -0.232. The number of anilines is 1. The predicted octanol–water partition coefficient (Wildman–Crippen LogP) is 2.93. The van der Waals surface area contributed by atoms with Crippen LogP contribution in [0.5, 0.6) is 0 Å². The van der Waals surface area contributed by atoms with E-state index < -0.39 is 0 Å². The highest BCUT2D eigenvalue weighted by Crippen LogP contribution is 2.28. The third kappa shape index (κ3) is 1.97. The molecule has 14 heavy (non-hydrogen) atoms. The Balaban J connectivity index is 2.06. The molecule has 2 rings (SSSR count). The van der Waals surface area contributed by atoms with Crippen LogP contribution in [0.15, 0.2) is 18.2 Å². The van der Waals surface area contributed by atoms with Crippen LogP contribution in [0.4, 0.5) is 5.69 Å². The van der Waals surface area contributed by atoms with Crippen LogP contribution in [0.25, 0.3) is 0 Å². The highest BCUT2D eigenvalue weighted by molar-refractivity contribution is 6.42. The third-order valence-electron chi connectivity index (χ3n) is 2.51. The lowest BCUT2D eigenvalue weighted by atomic mass is 9.89. The van der Waals surface area contributed by atoms with Crippen molar-refractivity contribution in [1.82, 2.24) is 0 Å². The summed E-state index contributed by atoms with van der Waals surface area (Å²) in [6.07, 6.45) is 1.64. The number of rotatable bonds is 2. The number of benzene rings is 1. The maximum absolute atomic E-state index is 9.37. The molecule has 1 saturated carbocycles. The maximum atomic E-state index is 9.37. The Morgan fingerprint density at radius 1 is 1.21 bits per heavy atom. The van der Waals surface area contributed by atoms with Gasteiger partial charge in [0.1, 0.15) is 0 Å². The molecule has 0 spiro atoms. The summed E-state index contributed by atoms with van der Waals surface area (Å²) < 4.78 is 0. The second-order valence-electron chi connectivity index (χ2n) is 3.52. The van der Waals surface area contributed by atoms with Gasteiger partial charge in [0, 0.05) is 5.69 Å². The normalized spacial score (nSPS) is 25.6. The van der Waals surface area contributed by atoms with Crippen molar-refractivity contribution >= 4 is 28.9 Å². The molecule has 0 aliphatic heterocycles. The molecular formula is C10H11Cl2NO. The Labute approximate surface area is 92.8 Å². The van der Waals surface area contributed by atoms with E-state index in [-0.39, 0.29) is 12.1 Å². The van der Waals surface area contributed by atoms with Crippen molar-refractivity contribution in [3.8, 4) is 0 Å². The number of hydrogen-bond acceptors (Lipinski definition) is 2. The first-order valence-corrected chi connectivity index (χ1v) is 5.32. The fourth-order valence-electron chi connectivity index (χ4n) is 1.45. The van der Waals surface area contributed by atoms with Crippen LogP contribution in [0.1, 0.15) is 12.8 Å². The summed E-state index contributed by atoms with van der Waals surface area (Å²) in [5, 5.41) is 13.7. The second kappa shape index (κ2) is 3.97. The molecule has 1 aliphatic rings. The minimum absolute atomic E-state index is 0.159. The largest absolute Gasteiger partial charge is 0.391 e. The molecule has 4 heteroatoms.